The Balaban J connectivity index is 2.19. The van der Waals surface area contributed by atoms with E-state index in [0.29, 0.717) is 0 Å². The second kappa shape index (κ2) is 9.08. The lowest BCUT2D eigenvalue weighted by molar-refractivity contribution is -0.143. The van der Waals surface area contributed by atoms with Crippen molar-refractivity contribution in [2.24, 2.45) is 0 Å². The van der Waals surface area contributed by atoms with Crippen molar-refractivity contribution in [1.82, 2.24) is 4.90 Å². The van der Waals surface area contributed by atoms with E-state index in [1.807, 2.05) is 31.2 Å². The highest BCUT2D eigenvalue weighted by Crippen LogP contribution is 2.15. The van der Waals surface area contributed by atoms with Crippen LogP contribution in [0.5, 0.6) is 0 Å². The number of carbonyl (C=O) groups is 2. The van der Waals surface area contributed by atoms with Crippen molar-refractivity contribution < 1.29 is 23.1 Å². The first-order valence-electron chi connectivity index (χ1n) is 8.36. The van der Waals surface area contributed by atoms with Crippen molar-refractivity contribution in [3.63, 3.8) is 0 Å². The number of carbonyl (C=O) groups excluding carboxylic acids is 2. The molecule has 0 aliphatic rings. The molecule has 0 aliphatic carbocycles. The summed E-state index contributed by atoms with van der Waals surface area (Å²) in [7, 11) is 0. The van der Waals surface area contributed by atoms with Crippen LogP contribution in [0.3, 0.4) is 0 Å². The number of amides is 1. The molecule has 4 nitrogen and oxygen atoms in total. The molecule has 0 spiro atoms. The summed E-state index contributed by atoms with van der Waals surface area (Å²) in [5.41, 5.74) is 1.98. The van der Waals surface area contributed by atoms with Crippen LogP contribution in [0.15, 0.2) is 42.5 Å². The van der Waals surface area contributed by atoms with Crippen molar-refractivity contribution in [3.8, 4) is 0 Å². The molecular formula is C20H21F2NO3. The van der Waals surface area contributed by atoms with Gasteiger partial charge in [-0.25, -0.2) is 8.78 Å². The van der Waals surface area contributed by atoms with Crippen LogP contribution < -0.4 is 0 Å². The molecule has 2 rings (SSSR count). The van der Waals surface area contributed by atoms with E-state index in [4.69, 9.17) is 4.74 Å². The van der Waals surface area contributed by atoms with Gasteiger partial charge in [0, 0.05) is 18.7 Å². The second-order valence-electron chi connectivity index (χ2n) is 5.90. The van der Waals surface area contributed by atoms with Crippen LogP contribution >= 0.6 is 0 Å². The van der Waals surface area contributed by atoms with Crippen LogP contribution in [0, 0.1) is 18.6 Å². The minimum atomic E-state index is -1.09. The number of esters is 1. The van der Waals surface area contributed by atoms with Gasteiger partial charge in [0.2, 0.25) is 0 Å². The van der Waals surface area contributed by atoms with Crippen LogP contribution in [0.4, 0.5) is 8.78 Å². The number of hydrogen-bond acceptors (Lipinski definition) is 3. The molecule has 6 heteroatoms. The lowest BCUT2D eigenvalue weighted by atomic mass is 10.1. The van der Waals surface area contributed by atoms with E-state index in [1.165, 1.54) is 11.0 Å². The average molecular weight is 361 g/mol. The molecule has 0 aliphatic heterocycles. The lowest BCUT2D eigenvalue weighted by Gasteiger charge is -2.23. The number of benzene rings is 2. The Hall–Kier alpha value is -2.76. The molecule has 0 atom stereocenters. The Kier molecular flexibility index (Phi) is 6.83. The standard InChI is InChI=1S/C20H21F2NO3/c1-3-26-19(24)10-11-23(13-15-6-4-14(2)5-7-15)20(25)16-8-9-17(21)18(22)12-16/h4-9,12H,3,10-11,13H2,1-2H3. The summed E-state index contributed by atoms with van der Waals surface area (Å²) in [5.74, 6) is -3.00. The Morgan fingerprint density at radius 3 is 2.35 bits per heavy atom. The van der Waals surface area contributed by atoms with Crippen LogP contribution in [-0.4, -0.2) is 29.9 Å². The molecular weight excluding hydrogens is 340 g/mol. The third-order valence-electron chi connectivity index (χ3n) is 3.84. The Morgan fingerprint density at radius 2 is 1.73 bits per heavy atom. The highest BCUT2D eigenvalue weighted by molar-refractivity contribution is 5.94. The maximum atomic E-state index is 13.5. The van der Waals surface area contributed by atoms with Crippen LogP contribution in [0.1, 0.15) is 34.8 Å². The number of hydrogen-bond donors (Lipinski definition) is 0. The summed E-state index contributed by atoms with van der Waals surface area (Å²) in [6.07, 6.45) is 0.0229. The Morgan fingerprint density at radius 1 is 1.04 bits per heavy atom. The molecule has 0 radical (unpaired) electrons. The van der Waals surface area contributed by atoms with Gasteiger partial charge in [-0.05, 0) is 37.6 Å². The molecule has 0 fully saturated rings. The molecule has 0 heterocycles. The molecule has 0 saturated carbocycles. The van der Waals surface area contributed by atoms with E-state index < -0.39 is 23.5 Å². The molecule has 0 N–H and O–H groups in total. The van der Waals surface area contributed by atoms with Gasteiger partial charge in [0.1, 0.15) is 0 Å². The second-order valence-corrected chi connectivity index (χ2v) is 5.90. The molecule has 0 bridgehead atoms. The first-order chi connectivity index (χ1) is 12.4. The average Bonchev–Trinajstić information content (AvgIpc) is 2.62. The third-order valence-corrected chi connectivity index (χ3v) is 3.84. The van der Waals surface area contributed by atoms with Crippen molar-refractivity contribution in [1.29, 1.82) is 0 Å². The fraction of sp³-hybridized carbons (Fsp3) is 0.300. The zero-order valence-corrected chi connectivity index (χ0v) is 14.8. The van der Waals surface area contributed by atoms with E-state index >= 15 is 0 Å². The summed E-state index contributed by atoms with van der Waals surface area (Å²) in [4.78, 5) is 25.8. The number of aryl methyl sites for hydroxylation is 1. The Bertz CT molecular complexity index is 775. The summed E-state index contributed by atoms with van der Waals surface area (Å²) >= 11 is 0. The molecule has 1 amide bonds. The fourth-order valence-electron chi connectivity index (χ4n) is 2.44. The summed E-state index contributed by atoms with van der Waals surface area (Å²) < 4.78 is 31.5. The van der Waals surface area contributed by atoms with Gasteiger partial charge in [-0.15, -0.1) is 0 Å². The summed E-state index contributed by atoms with van der Waals surface area (Å²) in [5, 5.41) is 0. The highest BCUT2D eigenvalue weighted by atomic mass is 19.2. The van der Waals surface area contributed by atoms with Crippen LogP contribution in [0.2, 0.25) is 0 Å². The maximum Gasteiger partial charge on any atom is 0.307 e. The van der Waals surface area contributed by atoms with E-state index in [-0.39, 0.29) is 31.7 Å². The third kappa shape index (κ3) is 5.37. The number of rotatable bonds is 7. The lowest BCUT2D eigenvalue weighted by Crippen LogP contribution is -2.33. The molecule has 0 saturated heterocycles. The smallest absolute Gasteiger partial charge is 0.307 e. The van der Waals surface area contributed by atoms with E-state index in [0.717, 1.165) is 23.3 Å². The zero-order valence-electron chi connectivity index (χ0n) is 14.8. The van der Waals surface area contributed by atoms with E-state index in [1.54, 1.807) is 6.92 Å². The largest absolute Gasteiger partial charge is 0.466 e. The van der Waals surface area contributed by atoms with Crippen molar-refractivity contribution >= 4 is 11.9 Å². The molecule has 0 unspecified atom stereocenters. The van der Waals surface area contributed by atoms with Gasteiger partial charge in [0.25, 0.3) is 5.91 Å². The van der Waals surface area contributed by atoms with Gasteiger partial charge in [0.05, 0.1) is 13.0 Å². The predicted molar refractivity (Wildman–Crippen MR) is 93.5 cm³/mol. The fourth-order valence-corrected chi connectivity index (χ4v) is 2.44. The van der Waals surface area contributed by atoms with Gasteiger partial charge >= 0.3 is 5.97 Å². The van der Waals surface area contributed by atoms with Gasteiger partial charge in [-0.1, -0.05) is 29.8 Å². The molecule has 2 aromatic rings. The quantitative estimate of drug-likeness (QED) is 0.704. The molecule has 26 heavy (non-hydrogen) atoms. The summed E-state index contributed by atoms with van der Waals surface area (Å²) in [6, 6.07) is 10.6. The van der Waals surface area contributed by atoms with Crippen LogP contribution in [-0.2, 0) is 16.1 Å². The van der Waals surface area contributed by atoms with Crippen LogP contribution in [0.25, 0.3) is 0 Å². The van der Waals surface area contributed by atoms with Crippen molar-refractivity contribution in [2.75, 3.05) is 13.2 Å². The normalized spacial score (nSPS) is 10.5. The minimum Gasteiger partial charge on any atom is -0.466 e. The number of halogens is 2. The van der Waals surface area contributed by atoms with Gasteiger partial charge in [0.15, 0.2) is 11.6 Å². The molecule has 0 aromatic heterocycles. The van der Waals surface area contributed by atoms with Gasteiger partial charge in [-0.3, -0.25) is 9.59 Å². The highest BCUT2D eigenvalue weighted by Gasteiger charge is 2.19. The van der Waals surface area contributed by atoms with Crippen molar-refractivity contribution in [2.45, 2.75) is 26.8 Å². The topological polar surface area (TPSA) is 46.6 Å². The molecule has 138 valence electrons. The zero-order chi connectivity index (χ0) is 19.1. The van der Waals surface area contributed by atoms with Gasteiger partial charge < -0.3 is 9.64 Å². The SMILES string of the molecule is CCOC(=O)CCN(Cc1ccc(C)cc1)C(=O)c1ccc(F)c(F)c1. The van der Waals surface area contributed by atoms with E-state index in [2.05, 4.69) is 0 Å². The maximum absolute atomic E-state index is 13.5. The van der Waals surface area contributed by atoms with Crippen molar-refractivity contribution in [3.05, 3.63) is 70.8 Å². The monoisotopic (exact) mass is 361 g/mol. The first-order valence-corrected chi connectivity index (χ1v) is 8.36. The predicted octanol–water partition coefficient (Wildman–Crippen LogP) is 3.87. The number of nitrogens with zero attached hydrogens (tertiary/aromatic N) is 1. The Labute approximate surface area is 151 Å². The molecule has 2 aromatic carbocycles. The van der Waals surface area contributed by atoms with Gasteiger partial charge in [-0.2, -0.15) is 0 Å². The summed E-state index contributed by atoms with van der Waals surface area (Å²) in [6.45, 7) is 4.28. The van der Waals surface area contributed by atoms with E-state index in [9.17, 15) is 18.4 Å². The first kappa shape index (κ1) is 19.6. The minimum absolute atomic E-state index is 0.0229. The number of ether oxygens (including phenoxy) is 1.